The first-order valence-electron chi connectivity index (χ1n) is 13.3. The maximum absolute atomic E-state index is 13.9. The number of hydrogen-bond acceptors (Lipinski definition) is 5. The summed E-state index contributed by atoms with van der Waals surface area (Å²) >= 11 is 0. The molecule has 0 spiro atoms. The van der Waals surface area contributed by atoms with Gasteiger partial charge in [0.25, 0.3) is 5.91 Å². The van der Waals surface area contributed by atoms with Crippen LogP contribution in [0.5, 0.6) is 5.75 Å². The number of nitrogens with zero attached hydrogens (tertiary/aromatic N) is 3. The van der Waals surface area contributed by atoms with Crippen LogP contribution in [-0.2, 0) is 26.2 Å². The van der Waals surface area contributed by atoms with Crippen molar-refractivity contribution in [2.24, 2.45) is 0 Å². The van der Waals surface area contributed by atoms with Crippen LogP contribution in [0.15, 0.2) is 95.4 Å². The molecule has 4 aromatic rings. The minimum absolute atomic E-state index is 0.0786. The quantitative estimate of drug-likeness (QED) is 0.269. The van der Waals surface area contributed by atoms with Crippen LogP contribution in [0.25, 0.3) is 0 Å². The molecule has 5 rings (SSSR count). The van der Waals surface area contributed by atoms with Crippen LogP contribution in [-0.4, -0.2) is 53.9 Å². The molecule has 0 radical (unpaired) electrons. The molecule has 1 aliphatic rings. The second-order valence-electron chi connectivity index (χ2n) is 9.95. The van der Waals surface area contributed by atoms with Crippen LogP contribution in [0.1, 0.15) is 33.0 Å². The number of piperazine rings is 1. The number of rotatable bonds is 10. The Kier molecular flexibility index (Phi) is 8.71. The summed E-state index contributed by atoms with van der Waals surface area (Å²) in [5.74, 6) is 1.50. The first-order valence-corrected chi connectivity index (χ1v) is 13.3. The summed E-state index contributed by atoms with van der Waals surface area (Å²) in [4.78, 5) is 19.6. The average Bonchev–Trinajstić information content (AvgIpc) is 3.42. The zero-order valence-electron chi connectivity index (χ0n) is 22.3. The number of benzene rings is 3. The van der Waals surface area contributed by atoms with E-state index < -0.39 is 0 Å². The normalized spacial score (nSPS) is 14.1. The highest BCUT2D eigenvalue weighted by Gasteiger charge is 2.24. The van der Waals surface area contributed by atoms with Crippen LogP contribution < -0.4 is 4.74 Å². The molecule has 1 saturated heterocycles. The zero-order valence-corrected chi connectivity index (χ0v) is 22.3. The van der Waals surface area contributed by atoms with Gasteiger partial charge in [0, 0.05) is 45.8 Å². The van der Waals surface area contributed by atoms with Gasteiger partial charge >= 0.3 is 0 Å². The van der Waals surface area contributed by atoms with Crippen LogP contribution >= 0.6 is 0 Å². The van der Waals surface area contributed by atoms with Crippen molar-refractivity contribution in [3.8, 4) is 5.75 Å². The van der Waals surface area contributed by atoms with Crippen molar-refractivity contribution < 1.29 is 18.3 Å². The molecular weight excluding hydrogens is 493 g/mol. The molecule has 7 heteroatoms. The average molecular weight is 528 g/mol. The molecule has 0 aliphatic carbocycles. The van der Waals surface area contributed by atoms with Crippen molar-refractivity contribution in [3.63, 3.8) is 0 Å². The number of carbonyl (C=O) groups excluding carboxylic acids is 1. The van der Waals surface area contributed by atoms with Crippen LogP contribution in [0.3, 0.4) is 0 Å². The Balaban J connectivity index is 1.22. The lowest BCUT2D eigenvalue weighted by molar-refractivity contribution is 0.0594. The van der Waals surface area contributed by atoms with Gasteiger partial charge in [-0.25, -0.2) is 4.39 Å². The lowest BCUT2D eigenvalue weighted by Gasteiger charge is -2.34. The van der Waals surface area contributed by atoms with E-state index in [4.69, 9.17) is 9.15 Å². The Bertz CT molecular complexity index is 1370. The molecule has 2 heterocycles. The summed E-state index contributed by atoms with van der Waals surface area (Å²) in [6, 6.07) is 28.6. The minimum atomic E-state index is -0.261. The first-order chi connectivity index (χ1) is 19.1. The Morgan fingerprint density at radius 3 is 2.23 bits per heavy atom. The van der Waals surface area contributed by atoms with Crippen molar-refractivity contribution in [2.45, 2.75) is 26.2 Å². The van der Waals surface area contributed by atoms with Crippen molar-refractivity contribution in [1.82, 2.24) is 14.7 Å². The van der Waals surface area contributed by atoms with Crippen molar-refractivity contribution in [3.05, 3.63) is 125 Å². The van der Waals surface area contributed by atoms with Crippen LogP contribution in [0, 0.1) is 5.82 Å². The van der Waals surface area contributed by atoms with Gasteiger partial charge in [-0.15, -0.1) is 0 Å². The third-order valence-corrected chi connectivity index (χ3v) is 7.00. The summed E-state index contributed by atoms with van der Waals surface area (Å²) in [6.45, 7) is 5.51. The molecule has 0 saturated carbocycles. The Morgan fingerprint density at radius 1 is 0.821 bits per heavy atom. The van der Waals surface area contributed by atoms with Gasteiger partial charge < -0.3 is 14.1 Å². The van der Waals surface area contributed by atoms with Gasteiger partial charge in [0.1, 0.15) is 17.3 Å². The number of hydrogen-bond donors (Lipinski definition) is 0. The third kappa shape index (κ3) is 7.34. The van der Waals surface area contributed by atoms with E-state index in [1.807, 2.05) is 47.4 Å². The van der Waals surface area contributed by atoms with E-state index in [1.54, 1.807) is 25.3 Å². The maximum Gasteiger partial charge on any atom is 0.289 e. The molecule has 39 heavy (non-hydrogen) atoms. The Morgan fingerprint density at radius 2 is 1.51 bits per heavy atom. The predicted molar refractivity (Wildman–Crippen MR) is 149 cm³/mol. The van der Waals surface area contributed by atoms with Gasteiger partial charge in [0.2, 0.25) is 0 Å². The molecule has 0 bridgehead atoms. The van der Waals surface area contributed by atoms with E-state index in [0.29, 0.717) is 44.2 Å². The smallest absolute Gasteiger partial charge is 0.289 e. The summed E-state index contributed by atoms with van der Waals surface area (Å²) in [6.07, 6.45) is 0. The number of halogens is 1. The maximum atomic E-state index is 13.9. The molecule has 6 nitrogen and oxygen atoms in total. The molecular formula is C32H34FN3O3. The van der Waals surface area contributed by atoms with Gasteiger partial charge in [0.15, 0.2) is 5.76 Å². The van der Waals surface area contributed by atoms with Gasteiger partial charge in [0.05, 0.1) is 13.7 Å². The van der Waals surface area contributed by atoms with E-state index in [0.717, 1.165) is 36.5 Å². The largest absolute Gasteiger partial charge is 0.497 e. The number of carbonyl (C=O) groups is 1. The van der Waals surface area contributed by atoms with E-state index in [1.165, 1.54) is 11.6 Å². The zero-order chi connectivity index (χ0) is 27.0. The summed E-state index contributed by atoms with van der Waals surface area (Å²) in [7, 11) is 1.65. The molecule has 1 aliphatic heterocycles. The molecule has 1 aromatic heterocycles. The highest BCUT2D eigenvalue weighted by molar-refractivity contribution is 5.91. The molecule has 1 amide bonds. The third-order valence-electron chi connectivity index (χ3n) is 7.00. The van der Waals surface area contributed by atoms with Gasteiger partial charge in [-0.05, 0) is 53.1 Å². The lowest BCUT2D eigenvalue weighted by Crippen LogP contribution is -2.48. The Labute approximate surface area is 229 Å². The monoisotopic (exact) mass is 527 g/mol. The molecule has 0 atom stereocenters. The molecule has 202 valence electrons. The fourth-order valence-corrected chi connectivity index (χ4v) is 4.99. The number of furan rings is 1. The van der Waals surface area contributed by atoms with Gasteiger partial charge in [-0.2, -0.15) is 0 Å². The van der Waals surface area contributed by atoms with Crippen LogP contribution in [0.4, 0.5) is 4.39 Å². The van der Waals surface area contributed by atoms with E-state index in [9.17, 15) is 9.18 Å². The lowest BCUT2D eigenvalue weighted by atomic mass is 10.1. The molecule has 0 N–H and O–H groups in total. The molecule has 1 fully saturated rings. The molecule has 0 unspecified atom stereocenters. The first kappa shape index (κ1) is 26.7. The summed E-state index contributed by atoms with van der Waals surface area (Å²) in [5.41, 5.74) is 3.22. The minimum Gasteiger partial charge on any atom is -0.497 e. The topological polar surface area (TPSA) is 49.2 Å². The summed E-state index contributed by atoms with van der Waals surface area (Å²) < 4.78 is 25.3. The number of methoxy groups -OCH3 is 1. The second-order valence-corrected chi connectivity index (χ2v) is 9.95. The standard InChI is InChI=1S/C32H34FN3O3/c1-38-29-12-6-10-27(20-29)23-35(22-26-9-5-11-28(33)19-26)24-30-13-14-31(39-30)32(37)36-17-15-34(16-18-36)21-25-7-3-2-4-8-25/h2-14,19-20H,15-18,21-24H2,1H3. The highest BCUT2D eigenvalue weighted by atomic mass is 19.1. The Hall–Kier alpha value is -3.94. The predicted octanol–water partition coefficient (Wildman–Crippen LogP) is 5.59. The fraction of sp³-hybridized carbons (Fsp3) is 0.281. The highest BCUT2D eigenvalue weighted by Crippen LogP contribution is 2.20. The number of ether oxygens (including phenoxy) is 1. The molecule has 3 aromatic carbocycles. The SMILES string of the molecule is COc1cccc(CN(Cc2cccc(F)c2)Cc2ccc(C(=O)N3CCN(Cc4ccccc4)CC3)o2)c1. The van der Waals surface area contributed by atoms with Crippen LogP contribution in [0.2, 0.25) is 0 Å². The second kappa shape index (κ2) is 12.7. The van der Waals surface area contributed by atoms with Crippen molar-refractivity contribution in [2.75, 3.05) is 33.3 Å². The number of amides is 1. The van der Waals surface area contributed by atoms with Gasteiger partial charge in [-0.1, -0.05) is 54.6 Å². The van der Waals surface area contributed by atoms with E-state index >= 15 is 0 Å². The fourth-order valence-electron chi connectivity index (χ4n) is 4.99. The summed E-state index contributed by atoms with van der Waals surface area (Å²) in [5, 5.41) is 0. The van der Waals surface area contributed by atoms with Crippen molar-refractivity contribution >= 4 is 5.91 Å². The van der Waals surface area contributed by atoms with Gasteiger partial charge in [-0.3, -0.25) is 14.6 Å². The van der Waals surface area contributed by atoms with E-state index in [2.05, 4.69) is 34.1 Å². The van der Waals surface area contributed by atoms with E-state index in [-0.39, 0.29) is 11.7 Å². The van der Waals surface area contributed by atoms with Crippen molar-refractivity contribution in [1.29, 1.82) is 0 Å².